The summed E-state index contributed by atoms with van der Waals surface area (Å²) in [6.07, 6.45) is 0. The Balaban J connectivity index is 2.47. The van der Waals surface area contributed by atoms with Gasteiger partial charge in [0.1, 0.15) is 5.75 Å². The molecule has 0 saturated heterocycles. The Morgan fingerprint density at radius 2 is 1.90 bits per heavy atom. The molecule has 0 spiro atoms. The highest BCUT2D eigenvalue weighted by Gasteiger charge is 2.16. The van der Waals surface area contributed by atoms with Crippen molar-refractivity contribution in [1.82, 2.24) is 5.32 Å². The van der Waals surface area contributed by atoms with Gasteiger partial charge in [-0.05, 0) is 49.2 Å². The maximum atomic E-state index is 6.13. The number of nitrogens with one attached hydrogen (secondary N) is 1. The summed E-state index contributed by atoms with van der Waals surface area (Å²) in [5, 5.41) is 4.18. The standard InChI is InChI=1S/C18H22ClNO/c1-5-20-18(15-8-6-12(2)10-13(15)3)14-7-9-16(19)17(11-14)21-4/h6-11,18,20H,5H2,1-4H3. The van der Waals surface area contributed by atoms with Crippen molar-refractivity contribution in [2.24, 2.45) is 0 Å². The summed E-state index contributed by atoms with van der Waals surface area (Å²) in [6.45, 7) is 7.27. The minimum Gasteiger partial charge on any atom is -0.495 e. The molecule has 2 rings (SSSR count). The van der Waals surface area contributed by atoms with Gasteiger partial charge in [-0.2, -0.15) is 0 Å². The second-order valence-corrected chi connectivity index (χ2v) is 5.65. The molecule has 2 aromatic rings. The third-order valence-corrected chi connectivity index (χ3v) is 3.97. The first-order valence-electron chi connectivity index (χ1n) is 7.20. The van der Waals surface area contributed by atoms with Gasteiger partial charge in [-0.25, -0.2) is 0 Å². The number of halogens is 1. The predicted molar refractivity (Wildman–Crippen MR) is 89.4 cm³/mol. The molecule has 0 aliphatic heterocycles. The van der Waals surface area contributed by atoms with Crippen LogP contribution in [-0.2, 0) is 0 Å². The van der Waals surface area contributed by atoms with E-state index in [1.54, 1.807) is 7.11 Å². The molecule has 0 aliphatic carbocycles. The minimum atomic E-state index is 0.141. The molecule has 0 bridgehead atoms. The van der Waals surface area contributed by atoms with E-state index >= 15 is 0 Å². The van der Waals surface area contributed by atoms with Gasteiger partial charge in [-0.3, -0.25) is 0 Å². The molecule has 2 aromatic carbocycles. The molecule has 0 aromatic heterocycles. The quantitative estimate of drug-likeness (QED) is 0.867. The van der Waals surface area contributed by atoms with Crippen molar-refractivity contribution in [2.75, 3.05) is 13.7 Å². The summed E-state index contributed by atoms with van der Waals surface area (Å²) >= 11 is 6.13. The molecular formula is C18H22ClNO. The molecule has 0 fully saturated rings. The van der Waals surface area contributed by atoms with Crippen LogP contribution in [0.2, 0.25) is 5.02 Å². The van der Waals surface area contributed by atoms with Crippen LogP contribution >= 0.6 is 11.6 Å². The van der Waals surface area contributed by atoms with Gasteiger partial charge in [-0.15, -0.1) is 0 Å². The highest BCUT2D eigenvalue weighted by molar-refractivity contribution is 6.32. The number of aryl methyl sites for hydroxylation is 2. The van der Waals surface area contributed by atoms with Gasteiger partial charge < -0.3 is 10.1 Å². The fourth-order valence-electron chi connectivity index (χ4n) is 2.62. The molecule has 21 heavy (non-hydrogen) atoms. The second kappa shape index (κ2) is 6.97. The van der Waals surface area contributed by atoms with Crippen LogP contribution in [0.5, 0.6) is 5.75 Å². The van der Waals surface area contributed by atoms with Crippen LogP contribution in [0.4, 0.5) is 0 Å². The fraction of sp³-hybridized carbons (Fsp3) is 0.333. The normalized spacial score (nSPS) is 12.2. The van der Waals surface area contributed by atoms with E-state index in [1.165, 1.54) is 16.7 Å². The van der Waals surface area contributed by atoms with E-state index in [2.05, 4.69) is 50.4 Å². The lowest BCUT2D eigenvalue weighted by molar-refractivity contribution is 0.414. The van der Waals surface area contributed by atoms with Crippen LogP contribution in [0.15, 0.2) is 36.4 Å². The van der Waals surface area contributed by atoms with Crippen LogP contribution in [0, 0.1) is 13.8 Å². The zero-order chi connectivity index (χ0) is 15.4. The van der Waals surface area contributed by atoms with E-state index in [1.807, 2.05) is 12.1 Å². The number of benzene rings is 2. The topological polar surface area (TPSA) is 21.3 Å². The van der Waals surface area contributed by atoms with Crippen molar-refractivity contribution >= 4 is 11.6 Å². The molecule has 0 heterocycles. The van der Waals surface area contributed by atoms with E-state index in [-0.39, 0.29) is 6.04 Å². The molecule has 0 saturated carbocycles. The largest absolute Gasteiger partial charge is 0.495 e. The first kappa shape index (κ1) is 15.9. The molecule has 112 valence electrons. The lowest BCUT2D eigenvalue weighted by atomic mass is 9.93. The van der Waals surface area contributed by atoms with Crippen LogP contribution in [0.3, 0.4) is 0 Å². The highest BCUT2D eigenvalue weighted by atomic mass is 35.5. The molecule has 1 atom stereocenters. The Morgan fingerprint density at radius 3 is 2.52 bits per heavy atom. The zero-order valence-electron chi connectivity index (χ0n) is 13.0. The smallest absolute Gasteiger partial charge is 0.137 e. The van der Waals surface area contributed by atoms with Gasteiger partial charge in [0, 0.05) is 0 Å². The minimum absolute atomic E-state index is 0.141. The number of methoxy groups -OCH3 is 1. The van der Waals surface area contributed by atoms with Gasteiger partial charge in [-0.1, -0.05) is 48.4 Å². The number of ether oxygens (including phenoxy) is 1. The maximum absolute atomic E-state index is 6.13. The molecule has 1 N–H and O–H groups in total. The molecule has 0 aliphatic rings. The maximum Gasteiger partial charge on any atom is 0.137 e. The van der Waals surface area contributed by atoms with Crippen molar-refractivity contribution in [3.05, 3.63) is 63.7 Å². The SMILES string of the molecule is CCNC(c1ccc(Cl)c(OC)c1)c1ccc(C)cc1C. The van der Waals surface area contributed by atoms with Crippen LogP contribution in [-0.4, -0.2) is 13.7 Å². The Hall–Kier alpha value is -1.51. The predicted octanol–water partition coefficient (Wildman–Crippen LogP) is 4.66. The zero-order valence-corrected chi connectivity index (χ0v) is 13.8. The molecule has 0 amide bonds. The van der Waals surface area contributed by atoms with Gasteiger partial charge >= 0.3 is 0 Å². The summed E-state index contributed by atoms with van der Waals surface area (Å²) in [5.41, 5.74) is 5.01. The van der Waals surface area contributed by atoms with E-state index in [9.17, 15) is 0 Å². The summed E-state index contributed by atoms with van der Waals surface area (Å²) in [6, 6.07) is 12.7. The molecular weight excluding hydrogens is 282 g/mol. The first-order chi connectivity index (χ1) is 10.1. The highest BCUT2D eigenvalue weighted by Crippen LogP contribution is 2.31. The number of rotatable bonds is 5. The Morgan fingerprint density at radius 1 is 1.14 bits per heavy atom. The van der Waals surface area contributed by atoms with Gasteiger partial charge in [0.15, 0.2) is 0 Å². The van der Waals surface area contributed by atoms with Crippen LogP contribution in [0.1, 0.15) is 35.2 Å². The Bertz CT molecular complexity index is 625. The van der Waals surface area contributed by atoms with Crippen molar-refractivity contribution in [3.8, 4) is 5.75 Å². The molecule has 0 radical (unpaired) electrons. The Labute approximate surface area is 132 Å². The van der Waals surface area contributed by atoms with Crippen molar-refractivity contribution in [2.45, 2.75) is 26.8 Å². The van der Waals surface area contributed by atoms with Crippen molar-refractivity contribution in [3.63, 3.8) is 0 Å². The van der Waals surface area contributed by atoms with Gasteiger partial charge in [0.2, 0.25) is 0 Å². The van der Waals surface area contributed by atoms with Gasteiger partial charge in [0.25, 0.3) is 0 Å². The van der Waals surface area contributed by atoms with E-state index in [0.29, 0.717) is 10.8 Å². The van der Waals surface area contributed by atoms with Crippen molar-refractivity contribution in [1.29, 1.82) is 0 Å². The summed E-state index contributed by atoms with van der Waals surface area (Å²) in [5.74, 6) is 0.710. The molecule has 2 nitrogen and oxygen atoms in total. The van der Waals surface area contributed by atoms with Crippen LogP contribution in [0.25, 0.3) is 0 Å². The molecule has 3 heteroatoms. The number of hydrogen-bond acceptors (Lipinski definition) is 2. The average Bonchev–Trinajstić information content (AvgIpc) is 2.46. The third kappa shape index (κ3) is 3.58. The summed E-state index contributed by atoms with van der Waals surface area (Å²) in [7, 11) is 1.64. The Kier molecular flexibility index (Phi) is 5.27. The van der Waals surface area contributed by atoms with Crippen molar-refractivity contribution < 1.29 is 4.74 Å². The first-order valence-corrected chi connectivity index (χ1v) is 7.58. The monoisotopic (exact) mass is 303 g/mol. The summed E-state index contributed by atoms with van der Waals surface area (Å²) < 4.78 is 5.34. The third-order valence-electron chi connectivity index (χ3n) is 3.65. The van der Waals surface area contributed by atoms with E-state index in [4.69, 9.17) is 16.3 Å². The lowest BCUT2D eigenvalue weighted by Gasteiger charge is -2.22. The fourth-order valence-corrected chi connectivity index (χ4v) is 2.81. The second-order valence-electron chi connectivity index (χ2n) is 5.24. The van der Waals surface area contributed by atoms with E-state index < -0.39 is 0 Å². The number of hydrogen-bond donors (Lipinski definition) is 1. The van der Waals surface area contributed by atoms with Crippen LogP contribution < -0.4 is 10.1 Å². The molecule has 1 unspecified atom stereocenters. The van der Waals surface area contributed by atoms with E-state index in [0.717, 1.165) is 12.1 Å². The average molecular weight is 304 g/mol. The summed E-state index contributed by atoms with van der Waals surface area (Å²) in [4.78, 5) is 0. The van der Waals surface area contributed by atoms with Gasteiger partial charge in [0.05, 0.1) is 18.2 Å². The lowest BCUT2D eigenvalue weighted by Crippen LogP contribution is -2.22.